The van der Waals surface area contributed by atoms with E-state index in [9.17, 15) is 9.59 Å². The fourth-order valence-electron chi connectivity index (χ4n) is 2.19. The molecule has 0 saturated heterocycles. The minimum Gasteiger partial charge on any atom is -0.492 e. The largest absolute Gasteiger partial charge is 0.492 e. The number of hydrogen-bond acceptors (Lipinski definition) is 4. The molecule has 0 atom stereocenters. The molecule has 0 fully saturated rings. The fraction of sp³-hybridized carbons (Fsp3) is 0.250. The standard InChI is InChI=1S/C20H23N3O3S/c1-14(2)13-26-17-11-7-6-10-16(17)19(25)21-20(27)23-22-18(24)12-15-8-4-3-5-9-15/h3-11,14H,12-13H2,1-2H3,(H,22,24)(H2,21,23,25,27). The summed E-state index contributed by atoms with van der Waals surface area (Å²) < 4.78 is 5.67. The van der Waals surface area contributed by atoms with Gasteiger partial charge in [-0.05, 0) is 35.8 Å². The Morgan fingerprint density at radius 2 is 1.67 bits per heavy atom. The normalized spacial score (nSPS) is 10.2. The summed E-state index contributed by atoms with van der Waals surface area (Å²) in [6.07, 6.45) is 0.205. The van der Waals surface area contributed by atoms with Gasteiger partial charge in [-0.1, -0.05) is 56.3 Å². The minimum absolute atomic E-state index is 0.0000688. The highest BCUT2D eigenvalue weighted by atomic mass is 32.1. The Labute approximate surface area is 164 Å². The van der Waals surface area contributed by atoms with Crippen LogP contribution in [-0.4, -0.2) is 23.5 Å². The number of rotatable bonds is 6. The zero-order valence-corrected chi connectivity index (χ0v) is 16.1. The van der Waals surface area contributed by atoms with Gasteiger partial charge in [-0.15, -0.1) is 0 Å². The molecule has 0 aliphatic carbocycles. The maximum absolute atomic E-state index is 12.4. The molecule has 142 valence electrons. The fourth-order valence-corrected chi connectivity index (χ4v) is 2.33. The quantitative estimate of drug-likeness (QED) is 0.526. The van der Waals surface area contributed by atoms with Crippen molar-refractivity contribution >= 4 is 29.1 Å². The Kier molecular flexibility index (Phi) is 7.76. The van der Waals surface area contributed by atoms with Crippen molar-refractivity contribution in [3.05, 3.63) is 65.7 Å². The summed E-state index contributed by atoms with van der Waals surface area (Å²) in [5.74, 6) is 0.144. The Balaban J connectivity index is 1.85. The molecule has 0 bridgehead atoms. The predicted molar refractivity (Wildman–Crippen MR) is 108 cm³/mol. The van der Waals surface area contributed by atoms with Crippen LogP contribution >= 0.6 is 12.2 Å². The lowest BCUT2D eigenvalue weighted by Gasteiger charge is -2.14. The van der Waals surface area contributed by atoms with Crippen LogP contribution in [0.5, 0.6) is 5.75 Å². The van der Waals surface area contributed by atoms with Gasteiger partial charge in [0.15, 0.2) is 5.11 Å². The Hall–Kier alpha value is -2.93. The number of nitrogens with one attached hydrogen (secondary N) is 3. The summed E-state index contributed by atoms with van der Waals surface area (Å²) in [7, 11) is 0. The average molecular weight is 385 g/mol. The lowest BCUT2D eigenvalue weighted by molar-refractivity contribution is -0.121. The van der Waals surface area contributed by atoms with Crippen LogP contribution in [0.4, 0.5) is 0 Å². The van der Waals surface area contributed by atoms with Crippen LogP contribution in [-0.2, 0) is 11.2 Å². The van der Waals surface area contributed by atoms with E-state index >= 15 is 0 Å². The summed E-state index contributed by atoms with van der Waals surface area (Å²) in [6.45, 7) is 4.56. The van der Waals surface area contributed by atoms with Crippen molar-refractivity contribution in [3.63, 3.8) is 0 Å². The molecule has 7 heteroatoms. The number of para-hydroxylation sites is 1. The first-order chi connectivity index (χ1) is 13.0. The van der Waals surface area contributed by atoms with Gasteiger partial charge in [0.2, 0.25) is 5.91 Å². The number of carbonyl (C=O) groups excluding carboxylic acids is 2. The number of hydrogen-bond donors (Lipinski definition) is 3. The molecule has 2 amide bonds. The van der Waals surface area contributed by atoms with E-state index in [1.165, 1.54) is 0 Å². The summed E-state index contributed by atoms with van der Waals surface area (Å²) in [4.78, 5) is 24.3. The molecule has 0 saturated carbocycles. The number of amides is 2. The highest BCUT2D eigenvalue weighted by Gasteiger charge is 2.14. The van der Waals surface area contributed by atoms with Crippen LogP contribution in [0, 0.1) is 5.92 Å². The van der Waals surface area contributed by atoms with E-state index in [0.29, 0.717) is 23.8 Å². The second kappa shape index (κ2) is 10.3. The summed E-state index contributed by atoms with van der Waals surface area (Å²) in [6, 6.07) is 16.2. The van der Waals surface area contributed by atoms with E-state index in [0.717, 1.165) is 5.56 Å². The lowest BCUT2D eigenvalue weighted by Crippen LogP contribution is -2.48. The molecule has 0 aliphatic rings. The molecule has 0 aliphatic heterocycles. The van der Waals surface area contributed by atoms with E-state index < -0.39 is 5.91 Å². The molecule has 27 heavy (non-hydrogen) atoms. The molecule has 6 nitrogen and oxygen atoms in total. The van der Waals surface area contributed by atoms with Crippen molar-refractivity contribution in [2.45, 2.75) is 20.3 Å². The highest BCUT2D eigenvalue weighted by molar-refractivity contribution is 7.80. The highest BCUT2D eigenvalue weighted by Crippen LogP contribution is 2.18. The van der Waals surface area contributed by atoms with E-state index in [2.05, 4.69) is 16.2 Å². The minimum atomic E-state index is -0.413. The molecular formula is C20H23N3O3S. The van der Waals surface area contributed by atoms with E-state index in [1.807, 2.05) is 44.2 Å². The van der Waals surface area contributed by atoms with Crippen molar-refractivity contribution in [2.75, 3.05) is 6.61 Å². The molecule has 2 aromatic rings. The number of benzene rings is 2. The van der Waals surface area contributed by atoms with Crippen molar-refractivity contribution < 1.29 is 14.3 Å². The van der Waals surface area contributed by atoms with Crippen molar-refractivity contribution in [1.82, 2.24) is 16.2 Å². The van der Waals surface area contributed by atoms with Gasteiger partial charge in [0.25, 0.3) is 5.91 Å². The maximum Gasteiger partial charge on any atom is 0.261 e. The van der Waals surface area contributed by atoms with Crippen LogP contribution in [0.25, 0.3) is 0 Å². The second-order valence-electron chi connectivity index (χ2n) is 6.32. The van der Waals surface area contributed by atoms with Crippen molar-refractivity contribution in [2.24, 2.45) is 5.92 Å². The maximum atomic E-state index is 12.4. The van der Waals surface area contributed by atoms with Gasteiger partial charge in [0.1, 0.15) is 5.75 Å². The molecule has 0 unspecified atom stereocenters. The first-order valence-corrected chi connectivity index (χ1v) is 9.02. The molecule has 2 aromatic carbocycles. The molecule has 3 N–H and O–H groups in total. The first-order valence-electron chi connectivity index (χ1n) is 8.61. The summed E-state index contributed by atoms with van der Waals surface area (Å²) >= 11 is 5.06. The average Bonchev–Trinajstić information content (AvgIpc) is 2.65. The lowest BCUT2D eigenvalue weighted by atomic mass is 10.1. The number of hydrazine groups is 1. The monoisotopic (exact) mass is 385 g/mol. The van der Waals surface area contributed by atoms with Crippen molar-refractivity contribution in [3.8, 4) is 5.75 Å². The third kappa shape index (κ3) is 7.07. The molecule has 0 radical (unpaired) electrons. The Morgan fingerprint density at radius 3 is 2.37 bits per heavy atom. The number of carbonyl (C=O) groups is 2. The Bertz CT molecular complexity index is 794. The van der Waals surface area contributed by atoms with Gasteiger partial charge >= 0.3 is 0 Å². The van der Waals surface area contributed by atoms with Gasteiger partial charge < -0.3 is 4.74 Å². The smallest absolute Gasteiger partial charge is 0.261 e. The predicted octanol–water partition coefficient (Wildman–Crippen LogP) is 2.60. The molecule has 2 rings (SSSR count). The van der Waals surface area contributed by atoms with Gasteiger partial charge in [-0.3, -0.25) is 25.8 Å². The number of thiocarbonyl (C=S) groups is 1. The zero-order chi connectivity index (χ0) is 19.6. The van der Waals surface area contributed by atoms with E-state index in [-0.39, 0.29) is 17.4 Å². The van der Waals surface area contributed by atoms with Gasteiger partial charge in [-0.2, -0.15) is 0 Å². The van der Waals surface area contributed by atoms with Gasteiger partial charge in [0, 0.05) is 0 Å². The summed E-state index contributed by atoms with van der Waals surface area (Å²) in [5.41, 5.74) is 6.25. The van der Waals surface area contributed by atoms with E-state index in [1.54, 1.807) is 24.3 Å². The topological polar surface area (TPSA) is 79.5 Å². The van der Waals surface area contributed by atoms with E-state index in [4.69, 9.17) is 17.0 Å². The molecule has 0 heterocycles. The molecular weight excluding hydrogens is 362 g/mol. The second-order valence-corrected chi connectivity index (χ2v) is 6.73. The zero-order valence-electron chi connectivity index (χ0n) is 15.3. The van der Waals surface area contributed by atoms with Gasteiger partial charge in [-0.25, -0.2) is 0 Å². The number of ether oxygens (including phenoxy) is 1. The van der Waals surface area contributed by atoms with Crippen LogP contribution in [0.1, 0.15) is 29.8 Å². The molecule has 0 aromatic heterocycles. The summed E-state index contributed by atoms with van der Waals surface area (Å²) in [5, 5.41) is 2.53. The van der Waals surface area contributed by atoms with Crippen LogP contribution in [0.2, 0.25) is 0 Å². The molecule has 0 spiro atoms. The van der Waals surface area contributed by atoms with Crippen LogP contribution < -0.4 is 20.9 Å². The third-order valence-corrected chi connectivity index (χ3v) is 3.66. The first kappa shape index (κ1) is 20.4. The SMILES string of the molecule is CC(C)COc1ccccc1C(=O)NC(=S)NNC(=O)Cc1ccccc1. The third-order valence-electron chi connectivity index (χ3n) is 3.45. The van der Waals surface area contributed by atoms with Crippen LogP contribution in [0.3, 0.4) is 0 Å². The Morgan fingerprint density at radius 1 is 1.00 bits per heavy atom. The van der Waals surface area contributed by atoms with Crippen molar-refractivity contribution in [1.29, 1.82) is 0 Å². The van der Waals surface area contributed by atoms with Crippen LogP contribution in [0.15, 0.2) is 54.6 Å². The van der Waals surface area contributed by atoms with Gasteiger partial charge in [0.05, 0.1) is 18.6 Å².